The van der Waals surface area contributed by atoms with Crippen LogP contribution in [0.5, 0.6) is 0 Å². The number of rotatable bonds is 10. The van der Waals surface area contributed by atoms with E-state index in [4.69, 9.17) is 0 Å². The largest absolute Gasteiger partial charge is 0.416 e. The fraction of sp³-hybridized carbons (Fsp3) is 0.519. The summed E-state index contributed by atoms with van der Waals surface area (Å²) in [5.41, 5.74) is 3.11. The van der Waals surface area contributed by atoms with Crippen molar-refractivity contribution >= 4 is 17.3 Å². The fourth-order valence-electron chi connectivity index (χ4n) is 4.48. The molecule has 1 amide bonds. The first-order valence-electron chi connectivity index (χ1n) is 12.2. The highest BCUT2D eigenvalue weighted by molar-refractivity contribution is 5.92. The maximum Gasteiger partial charge on any atom is 0.416 e. The predicted molar refractivity (Wildman–Crippen MR) is 128 cm³/mol. The Labute approximate surface area is 195 Å². The second-order valence-corrected chi connectivity index (χ2v) is 9.04. The molecule has 2 N–H and O–H groups in total. The Balaban J connectivity index is 1.68. The molecule has 0 saturated heterocycles. The third-order valence-corrected chi connectivity index (χ3v) is 6.41. The minimum atomic E-state index is -4.32. The molecule has 0 aliphatic heterocycles. The molecule has 3 nitrogen and oxygen atoms in total. The highest BCUT2D eigenvalue weighted by atomic mass is 19.4. The summed E-state index contributed by atoms with van der Waals surface area (Å²) in [5, 5.41) is 6.47. The molecule has 0 aromatic heterocycles. The Bertz CT molecular complexity index is 887. The van der Waals surface area contributed by atoms with Crippen molar-refractivity contribution in [1.29, 1.82) is 0 Å². The van der Waals surface area contributed by atoms with E-state index in [2.05, 4.69) is 23.6 Å². The zero-order chi connectivity index (χ0) is 23.7. The van der Waals surface area contributed by atoms with Crippen molar-refractivity contribution < 1.29 is 18.0 Å². The van der Waals surface area contributed by atoms with E-state index in [0.29, 0.717) is 18.9 Å². The molecule has 0 radical (unpaired) electrons. The molecule has 0 heterocycles. The van der Waals surface area contributed by atoms with E-state index in [-0.39, 0.29) is 5.91 Å². The molecule has 0 atom stereocenters. The van der Waals surface area contributed by atoms with Crippen LogP contribution in [0.15, 0.2) is 42.5 Å². The van der Waals surface area contributed by atoms with Crippen LogP contribution >= 0.6 is 0 Å². The van der Waals surface area contributed by atoms with E-state index in [9.17, 15) is 18.0 Å². The number of carbonyl (C=O) groups excluding carboxylic acids is 1. The molecule has 180 valence electrons. The summed E-state index contributed by atoms with van der Waals surface area (Å²) in [4.78, 5) is 12.5. The minimum absolute atomic E-state index is 0.0635. The highest BCUT2D eigenvalue weighted by Gasteiger charge is 2.29. The average molecular weight is 461 g/mol. The topological polar surface area (TPSA) is 41.1 Å². The first-order chi connectivity index (χ1) is 15.9. The van der Waals surface area contributed by atoms with Gasteiger partial charge in [0.15, 0.2) is 0 Å². The lowest BCUT2D eigenvalue weighted by Gasteiger charge is -2.25. The van der Waals surface area contributed by atoms with E-state index in [1.807, 2.05) is 12.1 Å². The molecule has 1 aliphatic carbocycles. The maximum atomic E-state index is 12.8. The standard InChI is InChI=1S/C27H35F3N2O/c1-2-3-4-8-11-26(33)32-25-17-16-23(18-24(25)21-9-6-5-7-10-21)31-19-20-12-14-22(15-13-20)27(28,29)30/h12-18,21,31H,2-11,19H2,1H3,(H,32,33). The van der Waals surface area contributed by atoms with Gasteiger partial charge < -0.3 is 10.6 Å². The Kier molecular flexibility index (Phi) is 9.21. The van der Waals surface area contributed by atoms with Crippen LogP contribution in [0.1, 0.15) is 93.7 Å². The van der Waals surface area contributed by atoms with Crippen molar-refractivity contribution in [2.24, 2.45) is 0 Å². The number of alkyl halides is 3. The first-order valence-corrected chi connectivity index (χ1v) is 12.2. The van der Waals surface area contributed by atoms with Crippen LogP contribution in [0.2, 0.25) is 0 Å². The lowest BCUT2D eigenvalue weighted by atomic mass is 9.83. The van der Waals surface area contributed by atoms with Crippen LogP contribution < -0.4 is 10.6 Å². The van der Waals surface area contributed by atoms with Gasteiger partial charge in [0, 0.05) is 24.3 Å². The molecule has 33 heavy (non-hydrogen) atoms. The number of anilines is 2. The molecule has 0 unspecified atom stereocenters. The second kappa shape index (κ2) is 12.1. The van der Waals surface area contributed by atoms with Crippen molar-refractivity contribution in [3.8, 4) is 0 Å². The van der Waals surface area contributed by atoms with Crippen molar-refractivity contribution in [1.82, 2.24) is 0 Å². The Morgan fingerprint density at radius 2 is 1.70 bits per heavy atom. The molecule has 3 rings (SSSR count). The number of unbranched alkanes of at least 4 members (excludes halogenated alkanes) is 3. The van der Waals surface area contributed by atoms with Gasteiger partial charge in [0.05, 0.1) is 5.56 Å². The van der Waals surface area contributed by atoms with E-state index < -0.39 is 11.7 Å². The lowest BCUT2D eigenvalue weighted by Crippen LogP contribution is -2.15. The Morgan fingerprint density at radius 3 is 2.36 bits per heavy atom. The predicted octanol–water partition coefficient (Wildman–Crippen LogP) is 8.27. The third kappa shape index (κ3) is 7.79. The number of hydrogen-bond acceptors (Lipinski definition) is 2. The molecular formula is C27H35F3N2O. The van der Waals surface area contributed by atoms with Crippen molar-refractivity contribution in [2.75, 3.05) is 10.6 Å². The molecule has 1 saturated carbocycles. The molecule has 2 aromatic rings. The number of benzene rings is 2. The van der Waals surface area contributed by atoms with Crippen LogP contribution in [0, 0.1) is 0 Å². The van der Waals surface area contributed by atoms with Crippen LogP contribution in [-0.4, -0.2) is 5.91 Å². The van der Waals surface area contributed by atoms with E-state index in [1.54, 1.807) is 0 Å². The smallest absolute Gasteiger partial charge is 0.381 e. The van der Waals surface area contributed by atoms with Gasteiger partial charge in [0.2, 0.25) is 5.91 Å². The summed E-state index contributed by atoms with van der Waals surface area (Å²) in [6.07, 6.45) is 6.36. The van der Waals surface area contributed by atoms with Crippen LogP contribution in [0.3, 0.4) is 0 Å². The summed E-state index contributed by atoms with van der Waals surface area (Å²) in [5.74, 6) is 0.482. The number of halogens is 3. The van der Waals surface area contributed by atoms with Gasteiger partial charge in [0.25, 0.3) is 0 Å². The molecule has 1 fully saturated rings. The van der Waals surface area contributed by atoms with E-state index in [0.717, 1.165) is 73.2 Å². The number of hydrogen-bond donors (Lipinski definition) is 2. The minimum Gasteiger partial charge on any atom is -0.381 e. The Hall–Kier alpha value is -2.50. The van der Waals surface area contributed by atoms with Gasteiger partial charge in [-0.05, 0) is 66.6 Å². The second-order valence-electron chi connectivity index (χ2n) is 9.04. The number of nitrogens with one attached hydrogen (secondary N) is 2. The summed E-state index contributed by atoms with van der Waals surface area (Å²) >= 11 is 0. The van der Waals surface area contributed by atoms with Crippen molar-refractivity contribution in [2.45, 2.75) is 89.8 Å². The fourth-order valence-corrected chi connectivity index (χ4v) is 4.48. The molecule has 1 aliphatic rings. The van der Waals surface area contributed by atoms with Gasteiger partial charge in [-0.25, -0.2) is 0 Å². The van der Waals surface area contributed by atoms with Gasteiger partial charge in [-0.1, -0.05) is 57.6 Å². The number of amides is 1. The summed E-state index contributed by atoms with van der Waals surface area (Å²) in [7, 11) is 0. The van der Waals surface area contributed by atoms with Crippen LogP contribution in [0.4, 0.5) is 24.5 Å². The third-order valence-electron chi connectivity index (χ3n) is 6.41. The summed E-state index contributed by atoms with van der Waals surface area (Å²) < 4.78 is 38.3. The average Bonchev–Trinajstić information content (AvgIpc) is 2.81. The van der Waals surface area contributed by atoms with Gasteiger partial charge in [0.1, 0.15) is 0 Å². The highest BCUT2D eigenvalue weighted by Crippen LogP contribution is 2.38. The zero-order valence-corrected chi connectivity index (χ0v) is 19.4. The molecule has 2 aromatic carbocycles. The molecular weight excluding hydrogens is 425 g/mol. The SMILES string of the molecule is CCCCCCC(=O)Nc1ccc(NCc2ccc(C(F)(F)F)cc2)cc1C1CCCCC1. The van der Waals surface area contributed by atoms with Crippen LogP contribution in [0.25, 0.3) is 0 Å². The number of carbonyl (C=O) groups is 1. The summed E-state index contributed by atoms with van der Waals surface area (Å²) in [6.45, 7) is 2.59. The summed E-state index contributed by atoms with van der Waals surface area (Å²) in [6, 6.07) is 11.2. The van der Waals surface area contributed by atoms with Gasteiger partial charge in [-0.15, -0.1) is 0 Å². The monoisotopic (exact) mass is 460 g/mol. The van der Waals surface area contributed by atoms with E-state index >= 15 is 0 Å². The zero-order valence-electron chi connectivity index (χ0n) is 19.4. The molecule has 6 heteroatoms. The maximum absolute atomic E-state index is 12.8. The van der Waals surface area contributed by atoms with Crippen molar-refractivity contribution in [3.05, 3.63) is 59.2 Å². The molecule has 0 bridgehead atoms. The Morgan fingerprint density at radius 1 is 0.970 bits per heavy atom. The van der Waals surface area contributed by atoms with Gasteiger partial charge >= 0.3 is 6.18 Å². The lowest BCUT2D eigenvalue weighted by molar-refractivity contribution is -0.137. The van der Waals surface area contributed by atoms with E-state index in [1.165, 1.54) is 31.4 Å². The van der Waals surface area contributed by atoms with Gasteiger partial charge in [-0.3, -0.25) is 4.79 Å². The normalized spacial score (nSPS) is 14.8. The van der Waals surface area contributed by atoms with Crippen molar-refractivity contribution in [3.63, 3.8) is 0 Å². The first kappa shape index (κ1) is 25.1. The quantitative estimate of drug-likeness (QED) is 0.350. The van der Waals surface area contributed by atoms with Gasteiger partial charge in [-0.2, -0.15) is 13.2 Å². The molecule has 0 spiro atoms. The van der Waals surface area contributed by atoms with Crippen LogP contribution in [-0.2, 0) is 17.5 Å².